The van der Waals surface area contributed by atoms with E-state index in [0.717, 1.165) is 60.0 Å². The van der Waals surface area contributed by atoms with E-state index in [-0.39, 0.29) is 12.7 Å². The van der Waals surface area contributed by atoms with Crippen LogP contribution in [0.4, 0.5) is 11.6 Å². The van der Waals surface area contributed by atoms with Crippen LogP contribution in [-0.4, -0.2) is 37.4 Å². The molecular weight excluding hydrogens is 384 g/mol. The first kappa shape index (κ1) is 20.3. The van der Waals surface area contributed by atoms with Gasteiger partial charge in [-0.3, -0.25) is 0 Å². The zero-order valence-corrected chi connectivity index (χ0v) is 17.5. The van der Waals surface area contributed by atoms with Crippen LogP contribution in [-0.2, 0) is 6.61 Å². The predicted octanol–water partition coefficient (Wildman–Crippen LogP) is 4.40. The zero-order chi connectivity index (χ0) is 20.2. The Bertz CT molecular complexity index is 881. The topological polar surface area (TPSA) is 90.6 Å². The van der Waals surface area contributed by atoms with Crippen molar-refractivity contribution in [3.05, 3.63) is 41.6 Å². The summed E-state index contributed by atoms with van der Waals surface area (Å²) >= 11 is 1.62. The molecule has 0 radical (unpaired) electrons. The summed E-state index contributed by atoms with van der Waals surface area (Å²) in [6.45, 7) is 2.19. The van der Waals surface area contributed by atoms with Gasteiger partial charge in [-0.05, 0) is 73.8 Å². The van der Waals surface area contributed by atoms with E-state index in [1.807, 2.05) is 24.4 Å². The minimum absolute atomic E-state index is 0.0486. The first-order chi connectivity index (χ1) is 14.1. The maximum atomic E-state index is 9.71. The van der Waals surface area contributed by atoms with E-state index < -0.39 is 0 Å². The molecule has 3 heterocycles. The lowest BCUT2D eigenvalue weighted by Crippen LogP contribution is -2.28. The highest BCUT2D eigenvalue weighted by molar-refractivity contribution is 8.14. The van der Waals surface area contributed by atoms with Crippen molar-refractivity contribution in [2.45, 2.75) is 75.1 Å². The molecule has 154 valence electrons. The first-order valence-corrected chi connectivity index (χ1v) is 11.2. The normalized spacial score (nSPS) is 26.0. The SMILES string of the molecule is CC1CCC(=Nc2cc(CO)cc(NC3CCC(O)CC3)n2)Sc2ncccc21. The van der Waals surface area contributed by atoms with Crippen molar-refractivity contribution >= 4 is 28.4 Å². The number of rotatable bonds is 4. The van der Waals surface area contributed by atoms with E-state index in [2.05, 4.69) is 28.3 Å². The quantitative estimate of drug-likeness (QED) is 0.689. The van der Waals surface area contributed by atoms with Gasteiger partial charge in [0.15, 0.2) is 5.82 Å². The largest absolute Gasteiger partial charge is 0.393 e. The van der Waals surface area contributed by atoms with E-state index in [0.29, 0.717) is 17.8 Å². The molecule has 1 aliphatic heterocycles. The van der Waals surface area contributed by atoms with Crippen molar-refractivity contribution < 1.29 is 10.2 Å². The Balaban J connectivity index is 1.56. The molecule has 1 fully saturated rings. The molecule has 7 heteroatoms. The molecule has 1 atom stereocenters. The molecule has 4 rings (SSSR count). The molecule has 29 heavy (non-hydrogen) atoms. The highest BCUT2D eigenvalue weighted by atomic mass is 32.2. The van der Waals surface area contributed by atoms with Crippen molar-refractivity contribution in [3.8, 4) is 0 Å². The van der Waals surface area contributed by atoms with Gasteiger partial charge in [0.2, 0.25) is 0 Å². The van der Waals surface area contributed by atoms with Crippen LogP contribution in [0.1, 0.15) is 62.5 Å². The van der Waals surface area contributed by atoms with Crippen LogP contribution in [0.2, 0.25) is 0 Å². The second kappa shape index (κ2) is 9.24. The molecule has 0 aromatic carbocycles. The maximum Gasteiger partial charge on any atom is 0.155 e. The van der Waals surface area contributed by atoms with E-state index in [1.165, 1.54) is 5.56 Å². The highest BCUT2D eigenvalue weighted by Crippen LogP contribution is 2.36. The van der Waals surface area contributed by atoms with Gasteiger partial charge in [-0.1, -0.05) is 24.8 Å². The van der Waals surface area contributed by atoms with E-state index >= 15 is 0 Å². The third-order valence-corrected chi connectivity index (χ3v) is 6.74. The van der Waals surface area contributed by atoms with E-state index in [9.17, 15) is 10.2 Å². The number of pyridine rings is 2. The Hall–Kier alpha value is -1.96. The first-order valence-electron chi connectivity index (χ1n) is 10.4. The second-order valence-corrected chi connectivity index (χ2v) is 9.03. The average molecular weight is 413 g/mol. The summed E-state index contributed by atoms with van der Waals surface area (Å²) in [6, 6.07) is 8.17. The number of nitrogens with zero attached hydrogens (tertiary/aromatic N) is 3. The van der Waals surface area contributed by atoms with Crippen LogP contribution < -0.4 is 5.32 Å². The summed E-state index contributed by atoms with van der Waals surface area (Å²) in [5.41, 5.74) is 2.07. The van der Waals surface area contributed by atoms with Crippen molar-refractivity contribution in [3.63, 3.8) is 0 Å². The monoisotopic (exact) mass is 412 g/mol. The van der Waals surface area contributed by atoms with Crippen LogP contribution in [0.15, 0.2) is 40.5 Å². The fourth-order valence-corrected chi connectivity index (χ4v) is 5.03. The van der Waals surface area contributed by atoms with Crippen LogP contribution in [0.5, 0.6) is 0 Å². The molecule has 1 saturated carbocycles. The molecule has 3 N–H and O–H groups in total. The minimum atomic E-state index is -0.183. The lowest BCUT2D eigenvalue weighted by molar-refractivity contribution is 0.126. The molecule has 0 bridgehead atoms. The Kier molecular flexibility index (Phi) is 6.47. The summed E-state index contributed by atoms with van der Waals surface area (Å²) in [7, 11) is 0. The number of hydrogen-bond acceptors (Lipinski definition) is 7. The van der Waals surface area contributed by atoms with Gasteiger partial charge < -0.3 is 15.5 Å². The van der Waals surface area contributed by atoms with Gasteiger partial charge in [0.25, 0.3) is 0 Å². The van der Waals surface area contributed by atoms with Gasteiger partial charge in [-0.15, -0.1) is 0 Å². The molecule has 6 nitrogen and oxygen atoms in total. The lowest BCUT2D eigenvalue weighted by Gasteiger charge is -2.26. The molecule has 2 aromatic rings. The number of thioether (sulfide) groups is 1. The fraction of sp³-hybridized carbons (Fsp3) is 0.500. The number of hydrogen-bond donors (Lipinski definition) is 3. The second-order valence-electron chi connectivity index (χ2n) is 7.97. The van der Waals surface area contributed by atoms with E-state index in [4.69, 9.17) is 4.99 Å². The number of aliphatic hydroxyl groups is 2. The Morgan fingerprint density at radius 2 is 2.03 bits per heavy atom. The van der Waals surface area contributed by atoms with Crippen molar-refractivity contribution in [2.75, 3.05) is 5.32 Å². The molecule has 2 aliphatic rings. The standard InChI is InChI=1S/C22H28N4O2S/c1-14-4-9-21(29-22-18(14)3-2-10-23-22)26-20-12-15(13-27)11-19(25-20)24-16-5-7-17(28)8-6-16/h2-3,10-12,14,16-17,27-28H,4-9,13H2,1H3,(H,24,25). The van der Waals surface area contributed by atoms with Crippen molar-refractivity contribution in [1.82, 2.24) is 9.97 Å². The Labute approximate surface area is 175 Å². The number of aromatic nitrogens is 2. The lowest BCUT2D eigenvalue weighted by atomic mass is 9.93. The predicted molar refractivity (Wildman–Crippen MR) is 117 cm³/mol. The fourth-order valence-electron chi connectivity index (χ4n) is 3.95. The average Bonchev–Trinajstić information content (AvgIpc) is 2.88. The molecule has 1 aliphatic carbocycles. The minimum Gasteiger partial charge on any atom is -0.393 e. The Morgan fingerprint density at radius 3 is 2.83 bits per heavy atom. The summed E-state index contributed by atoms with van der Waals surface area (Å²) in [4.78, 5) is 14.1. The van der Waals surface area contributed by atoms with Crippen LogP contribution in [0, 0.1) is 0 Å². The van der Waals surface area contributed by atoms with Gasteiger partial charge in [0, 0.05) is 12.2 Å². The summed E-state index contributed by atoms with van der Waals surface area (Å²) < 4.78 is 0. The smallest absolute Gasteiger partial charge is 0.155 e. The molecule has 0 saturated heterocycles. The molecule has 2 aromatic heterocycles. The van der Waals surface area contributed by atoms with Gasteiger partial charge in [-0.2, -0.15) is 0 Å². The van der Waals surface area contributed by atoms with E-state index in [1.54, 1.807) is 11.8 Å². The molecule has 1 unspecified atom stereocenters. The number of aliphatic hydroxyl groups excluding tert-OH is 2. The number of nitrogens with one attached hydrogen (secondary N) is 1. The van der Waals surface area contributed by atoms with Gasteiger partial charge in [0.05, 0.1) is 17.8 Å². The van der Waals surface area contributed by atoms with Gasteiger partial charge in [-0.25, -0.2) is 15.0 Å². The van der Waals surface area contributed by atoms with Crippen molar-refractivity contribution in [1.29, 1.82) is 0 Å². The highest BCUT2D eigenvalue weighted by Gasteiger charge is 2.21. The Morgan fingerprint density at radius 1 is 1.21 bits per heavy atom. The summed E-state index contributed by atoms with van der Waals surface area (Å²) in [6.07, 6.45) is 7.03. The third-order valence-electron chi connectivity index (χ3n) is 5.68. The number of fused-ring (bicyclic) bond motifs is 1. The zero-order valence-electron chi connectivity index (χ0n) is 16.7. The molecule has 0 spiro atoms. The summed E-state index contributed by atoms with van der Waals surface area (Å²) in [5, 5.41) is 24.9. The third kappa shape index (κ3) is 5.15. The number of anilines is 1. The van der Waals surface area contributed by atoms with Crippen LogP contribution >= 0.6 is 11.8 Å². The van der Waals surface area contributed by atoms with Gasteiger partial charge in [0.1, 0.15) is 10.8 Å². The van der Waals surface area contributed by atoms with Gasteiger partial charge >= 0.3 is 0 Å². The molecule has 0 amide bonds. The molecular formula is C22H28N4O2S. The van der Waals surface area contributed by atoms with Crippen LogP contribution in [0.25, 0.3) is 0 Å². The number of aliphatic imine (C=N–C) groups is 1. The van der Waals surface area contributed by atoms with Crippen LogP contribution in [0.3, 0.4) is 0 Å². The summed E-state index contributed by atoms with van der Waals surface area (Å²) in [5.74, 6) is 1.81. The maximum absolute atomic E-state index is 9.71. The van der Waals surface area contributed by atoms with Crippen molar-refractivity contribution in [2.24, 2.45) is 4.99 Å².